The number of nitrogens with two attached hydrogens (primary N) is 7. The first kappa shape index (κ1) is 67.7. The third-order valence-electron chi connectivity index (χ3n) is 15.4. The Bertz CT molecular complexity index is 3620. The van der Waals surface area contributed by atoms with Crippen molar-refractivity contribution < 1.29 is 28.6 Å². The van der Waals surface area contributed by atoms with Crippen LogP contribution in [-0.2, 0) is 14.2 Å². The molecule has 5 aliphatic rings. The lowest BCUT2D eigenvalue weighted by molar-refractivity contribution is 0.0443. The molecule has 29 heteroatoms. The topological polar surface area (TPSA) is 426 Å². The number of pyridine rings is 3. The molecule has 0 spiro atoms. The molecule has 5 saturated carbocycles. The maximum atomic E-state index is 11.7. The van der Waals surface area contributed by atoms with Gasteiger partial charge in [0.25, 0.3) is 0 Å². The van der Waals surface area contributed by atoms with Crippen LogP contribution < -0.4 is 67.2 Å². The number of aromatic nitrogens is 10. The van der Waals surface area contributed by atoms with Gasteiger partial charge in [-0.05, 0) is 181 Å². The van der Waals surface area contributed by atoms with Crippen molar-refractivity contribution in [3.05, 3.63) is 79.3 Å². The fourth-order valence-electron chi connectivity index (χ4n) is 10.8. The van der Waals surface area contributed by atoms with E-state index in [0.717, 1.165) is 114 Å². The van der Waals surface area contributed by atoms with Gasteiger partial charge in [-0.25, -0.2) is 48.4 Å². The number of nitrogens with one attached hydrogen (secondary N) is 5. The van der Waals surface area contributed by atoms with Gasteiger partial charge in [0.2, 0.25) is 0 Å². The van der Waals surface area contributed by atoms with Crippen molar-refractivity contribution in [3.63, 3.8) is 0 Å². The molecule has 5 aliphatic carbocycles. The number of anilines is 4. The van der Waals surface area contributed by atoms with Crippen LogP contribution in [0.2, 0.25) is 0 Å². The normalized spacial score (nSPS) is 23.1. The van der Waals surface area contributed by atoms with E-state index in [1.807, 2.05) is 131 Å². The molecule has 1 aromatic carbocycles. The first-order valence-corrected chi connectivity index (χ1v) is 31.4. The van der Waals surface area contributed by atoms with Crippen LogP contribution in [0.5, 0.6) is 0 Å². The highest BCUT2D eigenvalue weighted by Crippen LogP contribution is 2.39. The number of fused-ring (bicyclic) bond motifs is 4. The lowest BCUT2D eigenvalue weighted by atomic mass is 9.82. The van der Waals surface area contributed by atoms with Gasteiger partial charge in [-0.3, -0.25) is 23.0 Å². The van der Waals surface area contributed by atoms with Gasteiger partial charge in [0.15, 0.2) is 39.5 Å². The summed E-state index contributed by atoms with van der Waals surface area (Å²) in [4.78, 5) is 52.0. The third kappa shape index (κ3) is 18.2. The number of benzene rings is 1. The van der Waals surface area contributed by atoms with Gasteiger partial charge in [0.05, 0.1) is 44.5 Å². The number of alkyl carbamates (subject to hydrolysis) is 3. The number of nitrogens with zero attached hydrogens (tertiary/aromatic N) is 10. The Morgan fingerprint density at radius 2 is 0.878 bits per heavy atom. The number of rotatable bonds is 9. The Kier molecular flexibility index (Phi) is 21.9. The smallest absolute Gasteiger partial charge is 0.407 e. The maximum Gasteiger partial charge on any atom is 0.407 e. The van der Waals surface area contributed by atoms with Crippen molar-refractivity contribution in [2.45, 2.75) is 205 Å². The van der Waals surface area contributed by atoms with E-state index in [1.54, 1.807) is 29.9 Å². The minimum Gasteiger partial charge on any atom is -0.444 e. The molecule has 28 nitrogen and oxygen atoms in total. The zero-order chi connectivity index (χ0) is 65.2. The molecule has 13 rings (SSSR count). The number of carbonyl (C=O) groups excluding carboxylic acids is 3. The number of nitrogen functional groups attached to an aromatic ring is 3. The first-order chi connectivity index (χ1) is 42.6. The second-order valence-electron chi connectivity index (χ2n) is 26.5. The second-order valence-corrected chi connectivity index (χ2v) is 27.5. The lowest BCUT2D eigenvalue weighted by Gasteiger charge is -2.36. The molecule has 488 valence electrons. The Morgan fingerprint density at radius 1 is 0.511 bits per heavy atom. The maximum absolute atomic E-state index is 11.7. The molecule has 7 aromatic heterocycles. The summed E-state index contributed by atoms with van der Waals surface area (Å²) in [6, 6.07) is 22.3. The second kappa shape index (κ2) is 29.2. The van der Waals surface area contributed by atoms with E-state index in [0.29, 0.717) is 53.7 Å². The van der Waals surface area contributed by atoms with E-state index < -0.39 is 11.2 Å². The molecule has 0 radical (unpaired) electrons. The summed E-state index contributed by atoms with van der Waals surface area (Å²) in [6.07, 6.45) is 13.7. The predicted octanol–water partition coefficient (Wildman–Crippen LogP) is 7.99. The number of carbonyl (C=O) groups is 3. The molecule has 3 amide bonds. The number of para-hydroxylation sites is 1. The van der Waals surface area contributed by atoms with Crippen molar-refractivity contribution in [3.8, 4) is 0 Å². The van der Waals surface area contributed by atoms with Crippen LogP contribution in [0.3, 0.4) is 0 Å². The monoisotopic (exact) mass is 1260 g/mol. The average Bonchev–Trinajstić information content (AvgIpc) is 1.64. The van der Waals surface area contributed by atoms with Gasteiger partial charge in [0.1, 0.15) is 16.8 Å². The standard InChI is InChI=1S/C17H16N6S.C15H21N5O2.C10H13N5.C10H19NO2.C9H19N3O2.H4N2/c18-15-12-4-3-7-19-16(12)23(22-15)11-8-10(9-11)20-17-21-13-5-1-2-6-14(13)24-17;1-15(2,3)22-14(21)18-9-7-10(8-9)20-13-11(12(16)19-20)5-4-6-17-13;11-6-4-7(5-6)15-10-8(9(12)14-15)2-1-3-13-10;1-7-5-8(6-7)11-9(12)13-10(2,3)4;1-9(2,3)14-8(13)11-6-4-7(5-6)12-10;1-2/h1-7,10-11H,8-9H2,(H2,18,22)(H,20,21);4-6,9-10H,7-8H2,1-3H3,(H2,16,19)(H,18,21);1-3,6-7H,4-5,11H2,(H2,12,14);7-8H,5-6H2,1-4H3,(H,11,12);6-7,12H,4-5,10H2,1-3H3,(H,11,13);1-2H2. The average molecular weight is 1260 g/mol. The van der Waals surface area contributed by atoms with Gasteiger partial charge in [-0.1, -0.05) is 30.4 Å². The molecule has 5 fully saturated rings. The number of thiazole rings is 1. The van der Waals surface area contributed by atoms with Crippen LogP contribution in [0.15, 0.2) is 79.3 Å². The molecular weight excluding hydrogens is 1170 g/mol. The SMILES string of the molecule is CC(C)(C)OC(=O)NC1CC(NN)C1.CC(C)(C)OC(=O)NC1CC(n2nc(N)c3cccnc32)C1.CC1CC(NC(=O)OC(C)(C)C)C1.NN.Nc1nn(C2CC(N)C2)c2ncccc12.Nc1nn(C2CC(Nc3nc4ccccc4s3)C2)c2ncccc12. The van der Waals surface area contributed by atoms with E-state index in [9.17, 15) is 14.4 Å². The molecule has 7 heterocycles. The first-order valence-electron chi connectivity index (χ1n) is 30.6. The van der Waals surface area contributed by atoms with Gasteiger partial charge < -0.3 is 58.4 Å². The van der Waals surface area contributed by atoms with E-state index in [4.69, 9.17) is 43.0 Å². The largest absolute Gasteiger partial charge is 0.444 e. The molecule has 0 atom stereocenters. The van der Waals surface area contributed by atoms with Gasteiger partial charge in [0, 0.05) is 54.8 Å². The van der Waals surface area contributed by atoms with Crippen LogP contribution in [0.25, 0.3) is 43.3 Å². The predicted molar refractivity (Wildman–Crippen MR) is 352 cm³/mol. The van der Waals surface area contributed by atoms with Crippen LogP contribution in [0.1, 0.15) is 152 Å². The van der Waals surface area contributed by atoms with Gasteiger partial charge in [-0.2, -0.15) is 15.3 Å². The van der Waals surface area contributed by atoms with Gasteiger partial charge >= 0.3 is 18.3 Å². The Labute approximate surface area is 528 Å². The molecule has 19 N–H and O–H groups in total. The quantitative estimate of drug-likeness (QED) is 0.0370. The van der Waals surface area contributed by atoms with Gasteiger partial charge in [-0.15, -0.1) is 0 Å². The van der Waals surface area contributed by atoms with Crippen LogP contribution in [0, 0.1) is 5.92 Å². The van der Waals surface area contributed by atoms with Crippen molar-refractivity contribution in [1.29, 1.82) is 0 Å². The fourth-order valence-corrected chi connectivity index (χ4v) is 11.8. The Morgan fingerprint density at radius 3 is 1.24 bits per heavy atom. The lowest BCUT2D eigenvalue weighted by Crippen LogP contribution is -2.54. The molecule has 0 unspecified atom stereocenters. The molecule has 0 saturated heterocycles. The molecular formula is C61H92N22O6S. The van der Waals surface area contributed by atoms with E-state index in [-0.39, 0.29) is 42.0 Å². The zero-order valence-electron chi connectivity index (χ0n) is 53.2. The summed E-state index contributed by atoms with van der Waals surface area (Å²) >= 11 is 1.70. The highest BCUT2D eigenvalue weighted by atomic mass is 32.1. The van der Waals surface area contributed by atoms with Crippen LogP contribution in [0.4, 0.5) is 37.0 Å². The number of hydrazine groups is 2. The number of hydrogen-bond acceptors (Lipinski definition) is 23. The van der Waals surface area contributed by atoms with Crippen LogP contribution >= 0.6 is 11.3 Å². The molecule has 0 bridgehead atoms. The number of amides is 3. The summed E-state index contributed by atoms with van der Waals surface area (Å²) < 4.78 is 22.5. The fraction of sp³-hybridized carbons (Fsp3) is 0.541. The highest BCUT2D eigenvalue weighted by molar-refractivity contribution is 7.22. The highest BCUT2D eigenvalue weighted by Gasteiger charge is 2.37. The number of ether oxygens (including phenoxy) is 3. The van der Waals surface area contributed by atoms with Crippen molar-refractivity contribution in [2.75, 3.05) is 22.5 Å². The zero-order valence-corrected chi connectivity index (χ0v) is 54.0. The number of hydrogen-bond donors (Lipinski definition) is 12. The third-order valence-corrected chi connectivity index (χ3v) is 16.4. The Hall–Kier alpha value is -8.22. The Balaban J connectivity index is 0.000000147. The summed E-state index contributed by atoms with van der Waals surface area (Å²) in [6.45, 7) is 18.9. The van der Waals surface area contributed by atoms with E-state index >= 15 is 0 Å². The summed E-state index contributed by atoms with van der Waals surface area (Å²) in [5.41, 5.74) is 28.4. The molecule has 0 aliphatic heterocycles. The summed E-state index contributed by atoms with van der Waals surface area (Å²) in [5.74, 6) is 15.6. The molecule has 8 aromatic rings. The van der Waals surface area contributed by atoms with E-state index in [2.05, 4.69) is 86.6 Å². The van der Waals surface area contributed by atoms with E-state index in [1.165, 1.54) is 4.70 Å². The molecule has 90 heavy (non-hydrogen) atoms. The van der Waals surface area contributed by atoms with Crippen LogP contribution in [-0.4, -0.2) is 121 Å². The minimum absolute atomic E-state index is 0.101. The minimum atomic E-state index is -0.482. The van der Waals surface area contributed by atoms with Crippen molar-refractivity contribution in [2.24, 2.45) is 29.2 Å². The van der Waals surface area contributed by atoms with Crippen molar-refractivity contribution >= 4 is 95.5 Å². The summed E-state index contributed by atoms with van der Waals surface area (Å²) in [7, 11) is 0. The van der Waals surface area contributed by atoms with Crippen molar-refractivity contribution in [1.82, 2.24) is 70.7 Å². The summed E-state index contributed by atoms with van der Waals surface area (Å²) in [5, 5.41) is 28.9.